The smallest absolute Gasteiger partial charge is 0.282 e. The van der Waals surface area contributed by atoms with Gasteiger partial charge in [0.05, 0.1) is 21.6 Å². The first-order valence-electron chi connectivity index (χ1n) is 10.3. The molecule has 0 atom stereocenters. The predicted octanol–water partition coefficient (Wildman–Crippen LogP) is 3.95. The van der Waals surface area contributed by atoms with Gasteiger partial charge < -0.3 is 10.5 Å². The van der Waals surface area contributed by atoms with Gasteiger partial charge in [-0.15, -0.1) is 0 Å². The van der Waals surface area contributed by atoms with Crippen LogP contribution in [-0.4, -0.2) is 28.4 Å². The number of carbonyl (C=O) groups excluding carboxylic acids is 1. The van der Waals surface area contributed by atoms with Crippen molar-refractivity contribution in [1.29, 1.82) is 0 Å². The van der Waals surface area contributed by atoms with Crippen molar-refractivity contribution in [2.45, 2.75) is 38.0 Å². The summed E-state index contributed by atoms with van der Waals surface area (Å²) in [7, 11) is 0. The molecule has 1 saturated carbocycles. The number of carbonyl (C=O) groups is 1. The maximum absolute atomic E-state index is 13.2. The third-order valence-electron chi connectivity index (χ3n) is 5.40. The summed E-state index contributed by atoms with van der Waals surface area (Å²) in [6.07, 6.45) is 7.14. The summed E-state index contributed by atoms with van der Waals surface area (Å²) < 4.78 is 7.46. The molecule has 1 fully saturated rings. The van der Waals surface area contributed by atoms with Gasteiger partial charge in [-0.05, 0) is 64.7 Å². The Labute approximate surface area is 188 Å². The molecule has 0 spiro atoms. The minimum atomic E-state index is -0.545. The molecule has 1 aliphatic carbocycles. The number of benzene rings is 2. The first kappa shape index (κ1) is 21.2. The molecular formula is C23H23BrN4O3. The number of para-hydroxylation sites is 1. The van der Waals surface area contributed by atoms with E-state index in [4.69, 9.17) is 15.5 Å². The fraction of sp³-hybridized carbons (Fsp3) is 0.304. The first-order valence-corrected chi connectivity index (χ1v) is 11.1. The molecule has 0 unspecified atom stereocenters. The van der Waals surface area contributed by atoms with Crippen LogP contribution in [0, 0.1) is 0 Å². The number of fused-ring (bicyclic) bond motifs is 1. The van der Waals surface area contributed by atoms with Gasteiger partial charge in [0, 0.05) is 5.92 Å². The van der Waals surface area contributed by atoms with Crippen molar-refractivity contribution >= 4 is 39.0 Å². The zero-order valence-electron chi connectivity index (χ0n) is 17.0. The lowest BCUT2D eigenvalue weighted by atomic mass is 9.88. The van der Waals surface area contributed by atoms with Gasteiger partial charge >= 0.3 is 0 Å². The SMILES string of the molecule is NC(=O)COc1ccc(C=Nn2c(C3CCCCC3)nc3ccccc3c2=O)cc1Br. The largest absolute Gasteiger partial charge is 0.483 e. The van der Waals surface area contributed by atoms with E-state index in [1.165, 1.54) is 11.1 Å². The van der Waals surface area contributed by atoms with Gasteiger partial charge in [0.1, 0.15) is 11.6 Å². The molecule has 1 amide bonds. The number of hydrogen-bond acceptors (Lipinski definition) is 5. The molecule has 31 heavy (non-hydrogen) atoms. The number of nitrogens with zero attached hydrogens (tertiary/aromatic N) is 3. The van der Waals surface area contributed by atoms with Gasteiger partial charge in [-0.25, -0.2) is 4.98 Å². The molecule has 1 aliphatic rings. The average molecular weight is 483 g/mol. The van der Waals surface area contributed by atoms with Gasteiger partial charge in [0.2, 0.25) is 0 Å². The van der Waals surface area contributed by atoms with Crippen molar-refractivity contribution in [2.24, 2.45) is 10.8 Å². The lowest BCUT2D eigenvalue weighted by molar-refractivity contribution is -0.119. The normalized spacial score (nSPS) is 14.9. The van der Waals surface area contributed by atoms with E-state index < -0.39 is 5.91 Å². The molecule has 1 aromatic heterocycles. The van der Waals surface area contributed by atoms with Crippen LogP contribution in [0.25, 0.3) is 10.9 Å². The van der Waals surface area contributed by atoms with E-state index in [9.17, 15) is 9.59 Å². The van der Waals surface area contributed by atoms with Crippen LogP contribution in [0.1, 0.15) is 49.4 Å². The number of amides is 1. The Bertz CT molecular complexity index is 1200. The van der Waals surface area contributed by atoms with Crippen molar-refractivity contribution in [1.82, 2.24) is 9.66 Å². The van der Waals surface area contributed by atoms with E-state index in [0.29, 0.717) is 21.1 Å². The van der Waals surface area contributed by atoms with Gasteiger partial charge in [0.15, 0.2) is 6.61 Å². The molecular weight excluding hydrogens is 460 g/mol. The molecule has 2 N–H and O–H groups in total. The van der Waals surface area contributed by atoms with E-state index >= 15 is 0 Å². The molecule has 7 nitrogen and oxygen atoms in total. The molecule has 1 heterocycles. The van der Waals surface area contributed by atoms with E-state index in [1.54, 1.807) is 30.5 Å². The summed E-state index contributed by atoms with van der Waals surface area (Å²) in [5, 5.41) is 5.08. The molecule has 0 radical (unpaired) electrons. The number of rotatable bonds is 6. The molecule has 0 bridgehead atoms. The fourth-order valence-electron chi connectivity index (χ4n) is 3.87. The number of hydrogen-bond donors (Lipinski definition) is 1. The highest BCUT2D eigenvalue weighted by Crippen LogP contribution is 2.32. The average Bonchev–Trinajstić information content (AvgIpc) is 2.78. The molecule has 2 aromatic carbocycles. The van der Waals surface area contributed by atoms with Crippen LogP contribution in [0.2, 0.25) is 0 Å². The van der Waals surface area contributed by atoms with Crippen LogP contribution in [0.5, 0.6) is 5.75 Å². The highest BCUT2D eigenvalue weighted by atomic mass is 79.9. The number of ether oxygens (including phenoxy) is 1. The van der Waals surface area contributed by atoms with Crippen molar-refractivity contribution < 1.29 is 9.53 Å². The lowest BCUT2D eigenvalue weighted by Crippen LogP contribution is -2.25. The van der Waals surface area contributed by atoms with Gasteiger partial charge in [-0.1, -0.05) is 31.4 Å². The Morgan fingerprint density at radius 1 is 1.23 bits per heavy atom. The second-order valence-corrected chi connectivity index (χ2v) is 8.48. The quantitative estimate of drug-likeness (QED) is 0.537. The monoisotopic (exact) mass is 482 g/mol. The maximum Gasteiger partial charge on any atom is 0.282 e. The Balaban J connectivity index is 1.70. The van der Waals surface area contributed by atoms with E-state index in [2.05, 4.69) is 21.0 Å². The third-order valence-corrected chi connectivity index (χ3v) is 6.02. The summed E-state index contributed by atoms with van der Waals surface area (Å²) in [4.78, 5) is 29.0. The van der Waals surface area contributed by atoms with Gasteiger partial charge in [0.25, 0.3) is 11.5 Å². The number of nitrogens with two attached hydrogens (primary N) is 1. The van der Waals surface area contributed by atoms with E-state index in [1.807, 2.05) is 18.2 Å². The Hall–Kier alpha value is -3.00. The Morgan fingerprint density at radius 3 is 2.74 bits per heavy atom. The minimum Gasteiger partial charge on any atom is -0.483 e. The molecule has 8 heteroatoms. The highest BCUT2D eigenvalue weighted by molar-refractivity contribution is 9.10. The van der Waals surface area contributed by atoms with E-state index in [0.717, 1.165) is 37.1 Å². The fourth-order valence-corrected chi connectivity index (χ4v) is 4.38. The number of primary amides is 1. The second kappa shape index (κ2) is 9.43. The third kappa shape index (κ3) is 4.85. The maximum atomic E-state index is 13.2. The van der Waals surface area contributed by atoms with Crippen LogP contribution < -0.4 is 16.0 Å². The topological polar surface area (TPSA) is 99.6 Å². The number of aromatic nitrogens is 2. The lowest BCUT2D eigenvalue weighted by Gasteiger charge is -2.22. The molecule has 4 rings (SSSR count). The van der Waals surface area contributed by atoms with Crippen LogP contribution in [0.15, 0.2) is 56.8 Å². The first-order chi connectivity index (χ1) is 15.0. The number of halogens is 1. The van der Waals surface area contributed by atoms with E-state index in [-0.39, 0.29) is 18.1 Å². The van der Waals surface area contributed by atoms with Crippen molar-refractivity contribution in [3.63, 3.8) is 0 Å². The minimum absolute atomic E-state index is 0.164. The van der Waals surface area contributed by atoms with Gasteiger partial charge in [-0.2, -0.15) is 9.78 Å². The molecule has 0 aliphatic heterocycles. The van der Waals surface area contributed by atoms with Crippen LogP contribution in [-0.2, 0) is 4.79 Å². The zero-order valence-corrected chi connectivity index (χ0v) is 18.5. The molecule has 0 saturated heterocycles. The van der Waals surface area contributed by atoms with Gasteiger partial charge in [-0.3, -0.25) is 9.59 Å². The van der Waals surface area contributed by atoms with Crippen molar-refractivity contribution in [3.05, 3.63) is 68.7 Å². The van der Waals surface area contributed by atoms with Crippen LogP contribution in [0.3, 0.4) is 0 Å². The summed E-state index contributed by atoms with van der Waals surface area (Å²) in [6, 6.07) is 12.7. The van der Waals surface area contributed by atoms with Crippen LogP contribution in [0.4, 0.5) is 0 Å². The summed E-state index contributed by atoms with van der Waals surface area (Å²) in [5.41, 5.74) is 6.44. The second-order valence-electron chi connectivity index (χ2n) is 7.63. The summed E-state index contributed by atoms with van der Waals surface area (Å²) in [6.45, 7) is -0.199. The Morgan fingerprint density at radius 2 is 2.00 bits per heavy atom. The zero-order chi connectivity index (χ0) is 21.8. The summed E-state index contributed by atoms with van der Waals surface area (Å²) >= 11 is 3.43. The highest BCUT2D eigenvalue weighted by Gasteiger charge is 2.22. The molecule has 160 valence electrons. The predicted molar refractivity (Wildman–Crippen MR) is 124 cm³/mol. The standard InChI is InChI=1S/C23H23BrN4O3/c24-18-12-15(10-11-20(18)31-14-21(25)29)13-26-28-22(16-6-2-1-3-7-16)27-19-9-5-4-8-17(19)23(28)30/h4-5,8-13,16H,1-3,6-7,14H2,(H2,25,29). The van der Waals surface area contributed by atoms with Crippen LogP contribution >= 0.6 is 15.9 Å². The van der Waals surface area contributed by atoms with Crippen molar-refractivity contribution in [3.8, 4) is 5.75 Å². The Kier molecular flexibility index (Phi) is 6.46. The van der Waals surface area contributed by atoms with Crippen molar-refractivity contribution in [2.75, 3.05) is 6.61 Å². The summed E-state index contributed by atoms with van der Waals surface area (Å²) in [5.74, 6) is 0.902. The molecule has 3 aromatic rings.